The molecule has 84 valence electrons. The van der Waals surface area contributed by atoms with E-state index in [9.17, 15) is 0 Å². The molecule has 3 nitrogen and oxygen atoms in total. The van der Waals surface area contributed by atoms with Gasteiger partial charge in [0, 0.05) is 12.2 Å². The molecule has 0 radical (unpaired) electrons. The molecular weight excluding hydrogens is 216 g/mol. The lowest BCUT2D eigenvalue weighted by molar-refractivity contribution is 0.134. The fourth-order valence-corrected chi connectivity index (χ4v) is 1.54. The second kappa shape index (κ2) is 5.83. The van der Waals surface area contributed by atoms with Crippen LogP contribution in [0.2, 0.25) is 5.02 Å². The summed E-state index contributed by atoms with van der Waals surface area (Å²) in [4.78, 5) is 0. The van der Waals surface area contributed by atoms with Gasteiger partial charge in [-0.3, -0.25) is 0 Å². The maximum Gasteiger partial charge on any atom is 0.179 e. The van der Waals surface area contributed by atoms with Crippen LogP contribution in [0.4, 0.5) is 0 Å². The van der Waals surface area contributed by atoms with Crippen molar-refractivity contribution in [3.8, 4) is 11.5 Å². The average Bonchev–Trinajstić information content (AvgIpc) is 2.27. The van der Waals surface area contributed by atoms with Gasteiger partial charge in [-0.15, -0.1) is 0 Å². The molecule has 0 heterocycles. The third-order valence-corrected chi connectivity index (χ3v) is 2.44. The monoisotopic (exact) mass is 230 g/mol. The lowest BCUT2D eigenvalue weighted by Gasteiger charge is -2.12. The summed E-state index contributed by atoms with van der Waals surface area (Å²) >= 11 is 6.14. The molecule has 0 aromatic heterocycles. The maximum absolute atomic E-state index is 6.14. The Labute approximate surface area is 94.9 Å². The highest BCUT2D eigenvalue weighted by atomic mass is 35.5. The molecule has 1 aromatic rings. The summed E-state index contributed by atoms with van der Waals surface area (Å²) in [5.74, 6) is 1.18. The second-order valence-corrected chi connectivity index (χ2v) is 3.29. The lowest BCUT2D eigenvalue weighted by atomic mass is 10.2. The molecule has 1 rings (SSSR count). The summed E-state index contributed by atoms with van der Waals surface area (Å²) < 4.78 is 15.6. The number of ether oxygens (including phenoxy) is 3. The van der Waals surface area contributed by atoms with Gasteiger partial charge in [-0.25, -0.2) is 0 Å². The Morgan fingerprint density at radius 1 is 1.20 bits per heavy atom. The summed E-state index contributed by atoms with van der Waals surface area (Å²) in [5.41, 5.74) is 0.899. The van der Waals surface area contributed by atoms with Gasteiger partial charge in [0.15, 0.2) is 11.5 Å². The van der Waals surface area contributed by atoms with E-state index in [0.29, 0.717) is 29.7 Å². The molecule has 0 saturated heterocycles. The summed E-state index contributed by atoms with van der Waals surface area (Å²) in [7, 11) is 3.14. The fourth-order valence-electron chi connectivity index (χ4n) is 1.25. The van der Waals surface area contributed by atoms with Crippen LogP contribution < -0.4 is 9.47 Å². The van der Waals surface area contributed by atoms with E-state index in [1.54, 1.807) is 14.2 Å². The highest BCUT2D eigenvalue weighted by Crippen LogP contribution is 2.37. The van der Waals surface area contributed by atoms with Crippen molar-refractivity contribution in [2.24, 2.45) is 0 Å². The van der Waals surface area contributed by atoms with Crippen LogP contribution in [-0.2, 0) is 11.3 Å². The molecule has 0 saturated carbocycles. The van der Waals surface area contributed by atoms with Gasteiger partial charge in [0.1, 0.15) is 0 Å². The van der Waals surface area contributed by atoms with Crippen molar-refractivity contribution in [2.45, 2.75) is 13.5 Å². The summed E-state index contributed by atoms with van der Waals surface area (Å²) in [5, 5.41) is 0.547. The van der Waals surface area contributed by atoms with Crippen LogP contribution in [0, 0.1) is 0 Å². The van der Waals surface area contributed by atoms with Crippen molar-refractivity contribution in [1.82, 2.24) is 0 Å². The van der Waals surface area contributed by atoms with Gasteiger partial charge in [-0.05, 0) is 13.0 Å². The molecule has 0 aliphatic carbocycles. The van der Waals surface area contributed by atoms with Gasteiger partial charge < -0.3 is 14.2 Å². The van der Waals surface area contributed by atoms with E-state index >= 15 is 0 Å². The van der Waals surface area contributed by atoms with Crippen molar-refractivity contribution in [3.63, 3.8) is 0 Å². The predicted molar refractivity (Wildman–Crippen MR) is 59.9 cm³/mol. The van der Waals surface area contributed by atoms with Crippen LogP contribution in [0.15, 0.2) is 12.1 Å². The van der Waals surface area contributed by atoms with Gasteiger partial charge in [0.25, 0.3) is 0 Å². The summed E-state index contributed by atoms with van der Waals surface area (Å²) in [6, 6.07) is 3.69. The van der Waals surface area contributed by atoms with Gasteiger partial charge in [0.05, 0.1) is 25.8 Å². The highest BCUT2D eigenvalue weighted by Gasteiger charge is 2.12. The molecule has 0 unspecified atom stereocenters. The lowest BCUT2D eigenvalue weighted by Crippen LogP contribution is -1.97. The quantitative estimate of drug-likeness (QED) is 0.779. The molecule has 0 aliphatic heterocycles. The molecule has 15 heavy (non-hydrogen) atoms. The Morgan fingerprint density at radius 3 is 2.47 bits per heavy atom. The number of rotatable bonds is 5. The van der Waals surface area contributed by atoms with Crippen molar-refractivity contribution >= 4 is 11.6 Å². The van der Waals surface area contributed by atoms with E-state index in [2.05, 4.69) is 0 Å². The van der Waals surface area contributed by atoms with Crippen LogP contribution in [0.3, 0.4) is 0 Å². The molecular formula is C11H15ClO3. The first-order valence-corrected chi connectivity index (χ1v) is 5.09. The van der Waals surface area contributed by atoms with E-state index in [0.717, 1.165) is 5.56 Å². The Bertz CT molecular complexity index is 326. The van der Waals surface area contributed by atoms with Crippen LogP contribution in [0.1, 0.15) is 12.5 Å². The van der Waals surface area contributed by atoms with Crippen molar-refractivity contribution < 1.29 is 14.2 Å². The molecule has 0 bridgehead atoms. The van der Waals surface area contributed by atoms with Crippen LogP contribution in [0.5, 0.6) is 11.5 Å². The van der Waals surface area contributed by atoms with E-state index in [-0.39, 0.29) is 0 Å². The number of benzene rings is 1. The number of hydrogen-bond acceptors (Lipinski definition) is 3. The third kappa shape index (κ3) is 2.76. The molecule has 0 atom stereocenters. The van der Waals surface area contributed by atoms with Crippen LogP contribution >= 0.6 is 11.6 Å². The fraction of sp³-hybridized carbons (Fsp3) is 0.455. The SMILES string of the molecule is CCOCc1ccc(OC)c(OC)c1Cl. The van der Waals surface area contributed by atoms with Gasteiger partial charge >= 0.3 is 0 Å². The number of methoxy groups -OCH3 is 2. The normalized spacial score (nSPS) is 10.1. The standard InChI is InChI=1S/C11H15ClO3/c1-4-15-7-8-5-6-9(13-2)11(14-3)10(8)12/h5-6H,4,7H2,1-3H3. The Morgan fingerprint density at radius 2 is 1.93 bits per heavy atom. The van der Waals surface area contributed by atoms with Gasteiger partial charge in [-0.2, -0.15) is 0 Å². The van der Waals surface area contributed by atoms with Crippen molar-refractivity contribution in [2.75, 3.05) is 20.8 Å². The predicted octanol–water partition coefficient (Wildman–Crippen LogP) is 2.89. The second-order valence-electron chi connectivity index (χ2n) is 2.91. The van der Waals surface area contributed by atoms with Crippen LogP contribution in [0.25, 0.3) is 0 Å². The van der Waals surface area contributed by atoms with Crippen molar-refractivity contribution in [3.05, 3.63) is 22.7 Å². The summed E-state index contributed by atoms with van der Waals surface area (Å²) in [6.45, 7) is 3.08. The average molecular weight is 231 g/mol. The third-order valence-electron chi connectivity index (χ3n) is 2.03. The molecule has 4 heteroatoms. The van der Waals surface area contributed by atoms with Gasteiger partial charge in [0.2, 0.25) is 0 Å². The topological polar surface area (TPSA) is 27.7 Å². The van der Waals surface area contributed by atoms with E-state index in [1.165, 1.54) is 0 Å². The first kappa shape index (κ1) is 12.1. The summed E-state index contributed by atoms with van der Waals surface area (Å²) in [6.07, 6.45) is 0. The first-order valence-electron chi connectivity index (χ1n) is 4.71. The van der Waals surface area contributed by atoms with E-state index in [4.69, 9.17) is 25.8 Å². The molecule has 0 aliphatic rings. The number of halogens is 1. The Hall–Kier alpha value is -0.930. The van der Waals surface area contributed by atoms with Crippen molar-refractivity contribution in [1.29, 1.82) is 0 Å². The zero-order chi connectivity index (χ0) is 11.3. The minimum atomic E-state index is 0.482. The molecule has 0 spiro atoms. The molecule has 0 amide bonds. The molecule has 0 fully saturated rings. The Kier molecular flexibility index (Phi) is 4.72. The zero-order valence-electron chi connectivity index (χ0n) is 9.17. The van der Waals surface area contributed by atoms with E-state index < -0.39 is 0 Å². The smallest absolute Gasteiger partial charge is 0.179 e. The Balaban J connectivity index is 3.00. The maximum atomic E-state index is 6.14. The minimum Gasteiger partial charge on any atom is -0.493 e. The van der Waals surface area contributed by atoms with Gasteiger partial charge in [-0.1, -0.05) is 17.7 Å². The largest absolute Gasteiger partial charge is 0.493 e. The van der Waals surface area contributed by atoms with Crippen LogP contribution in [-0.4, -0.2) is 20.8 Å². The number of hydrogen-bond donors (Lipinski definition) is 0. The molecule has 0 N–H and O–H groups in total. The first-order chi connectivity index (χ1) is 7.24. The van der Waals surface area contributed by atoms with E-state index in [1.807, 2.05) is 19.1 Å². The minimum absolute atomic E-state index is 0.482. The highest BCUT2D eigenvalue weighted by molar-refractivity contribution is 6.33. The molecule has 1 aromatic carbocycles. The zero-order valence-corrected chi connectivity index (χ0v) is 9.93.